The summed E-state index contributed by atoms with van der Waals surface area (Å²) >= 11 is 0. The summed E-state index contributed by atoms with van der Waals surface area (Å²) in [6.45, 7) is 3.96. The van der Waals surface area contributed by atoms with E-state index in [9.17, 15) is 9.59 Å². The third kappa shape index (κ3) is 5.13. The lowest BCUT2D eigenvalue weighted by Gasteiger charge is -2.25. The Hall–Kier alpha value is -4.99. The highest BCUT2D eigenvalue weighted by Crippen LogP contribution is 2.40. The zero-order valence-corrected chi connectivity index (χ0v) is 24.5. The molecule has 0 bridgehead atoms. The van der Waals surface area contributed by atoms with Crippen molar-refractivity contribution in [1.82, 2.24) is 35.1 Å². The van der Waals surface area contributed by atoms with Gasteiger partial charge in [0.05, 0.1) is 17.9 Å². The Morgan fingerprint density at radius 2 is 1.77 bits per heavy atom. The quantitative estimate of drug-likeness (QED) is 0.238. The second-order valence-electron chi connectivity index (χ2n) is 11.7. The number of rotatable bonds is 8. The van der Waals surface area contributed by atoms with Gasteiger partial charge in [-0.25, -0.2) is 0 Å². The van der Waals surface area contributed by atoms with Crippen molar-refractivity contribution in [3.05, 3.63) is 95.3 Å². The number of nitrogens with one attached hydrogen (secondary N) is 3. The number of carbonyl (C=O) groups excluding carboxylic acids is 2. The van der Waals surface area contributed by atoms with Crippen LogP contribution in [0.1, 0.15) is 64.2 Å². The first kappa shape index (κ1) is 26.9. The van der Waals surface area contributed by atoms with Crippen molar-refractivity contribution in [1.29, 1.82) is 0 Å². The van der Waals surface area contributed by atoms with E-state index in [1.165, 1.54) is 23.1 Å². The maximum absolute atomic E-state index is 14.0. The highest BCUT2D eigenvalue weighted by molar-refractivity contribution is 6.01. The number of benzene rings is 2. The number of amides is 2. The second kappa shape index (κ2) is 10.7. The van der Waals surface area contributed by atoms with Crippen LogP contribution in [0.15, 0.2) is 67.1 Å². The molecule has 0 spiro atoms. The second-order valence-corrected chi connectivity index (χ2v) is 11.7. The third-order valence-electron chi connectivity index (χ3n) is 8.72. The standard InChI is InChI=1S/C33H34N8O2/c1-19-30(20(2)39-38-19)22-6-9-25(10-7-22)36-33(43)31(37-32(42)29-14-15-34-40(29)3)27-13-8-21-4-5-23(16-28(21)27)24-17-35-41(18-24)26-11-12-26/h4-7,9-10,14-18,26-27,31H,8,11-13H2,1-3H3,(H,36,43)(H,37,42)(H,38,39)/t27-,31+/m1/s1. The van der Waals surface area contributed by atoms with Crippen molar-refractivity contribution in [2.75, 3.05) is 5.32 Å². The predicted molar refractivity (Wildman–Crippen MR) is 164 cm³/mol. The average Bonchev–Trinajstić information content (AvgIpc) is 3.31. The molecule has 3 heterocycles. The summed E-state index contributed by atoms with van der Waals surface area (Å²) in [4.78, 5) is 27.4. The van der Waals surface area contributed by atoms with E-state index in [1.807, 2.05) is 49.0 Å². The number of fused-ring (bicyclic) bond motifs is 1. The largest absolute Gasteiger partial charge is 0.338 e. The summed E-state index contributed by atoms with van der Waals surface area (Å²) in [7, 11) is 1.72. The molecule has 10 nitrogen and oxygen atoms in total. The van der Waals surface area contributed by atoms with Crippen LogP contribution in [0.2, 0.25) is 0 Å². The molecule has 1 saturated carbocycles. The monoisotopic (exact) mass is 574 g/mol. The summed E-state index contributed by atoms with van der Waals surface area (Å²) in [6, 6.07) is 15.5. The van der Waals surface area contributed by atoms with Gasteiger partial charge in [0.2, 0.25) is 5.91 Å². The molecule has 0 radical (unpaired) electrons. The minimum Gasteiger partial charge on any atom is -0.338 e. The van der Waals surface area contributed by atoms with Crippen molar-refractivity contribution in [3.8, 4) is 22.3 Å². The summed E-state index contributed by atoms with van der Waals surface area (Å²) < 4.78 is 3.56. The maximum Gasteiger partial charge on any atom is 0.270 e. The van der Waals surface area contributed by atoms with E-state index in [0.29, 0.717) is 17.4 Å². The van der Waals surface area contributed by atoms with Crippen molar-refractivity contribution in [2.45, 2.75) is 57.5 Å². The number of H-pyrrole nitrogens is 1. The summed E-state index contributed by atoms with van der Waals surface area (Å²) in [5.41, 5.74) is 9.45. The topological polar surface area (TPSA) is 123 Å². The normalized spacial score (nSPS) is 16.6. The van der Waals surface area contributed by atoms with Crippen LogP contribution < -0.4 is 10.6 Å². The molecule has 0 saturated heterocycles. The number of anilines is 1. The first-order valence-corrected chi connectivity index (χ1v) is 14.7. The molecule has 2 aliphatic rings. The van der Waals surface area contributed by atoms with Gasteiger partial charge in [-0.15, -0.1) is 0 Å². The van der Waals surface area contributed by atoms with Crippen LogP contribution in [0.4, 0.5) is 5.69 Å². The van der Waals surface area contributed by atoms with E-state index in [4.69, 9.17) is 0 Å². The van der Waals surface area contributed by atoms with Crippen LogP contribution in [-0.2, 0) is 18.3 Å². The fourth-order valence-corrected chi connectivity index (χ4v) is 6.26. The number of aryl methyl sites for hydroxylation is 4. The van der Waals surface area contributed by atoms with E-state index >= 15 is 0 Å². The Morgan fingerprint density at radius 3 is 2.47 bits per heavy atom. The molecule has 218 valence electrons. The number of hydrogen-bond donors (Lipinski definition) is 3. The van der Waals surface area contributed by atoms with Gasteiger partial charge in [0.15, 0.2) is 0 Å². The van der Waals surface area contributed by atoms with Gasteiger partial charge in [-0.1, -0.05) is 30.3 Å². The lowest BCUT2D eigenvalue weighted by Crippen LogP contribution is -2.47. The van der Waals surface area contributed by atoms with Gasteiger partial charge in [0.25, 0.3) is 5.91 Å². The van der Waals surface area contributed by atoms with E-state index in [0.717, 1.165) is 52.0 Å². The first-order valence-electron chi connectivity index (χ1n) is 14.7. The molecule has 3 aromatic heterocycles. The van der Waals surface area contributed by atoms with Crippen LogP contribution in [0, 0.1) is 13.8 Å². The Kier molecular flexibility index (Phi) is 6.68. The van der Waals surface area contributed by atoms with E-state index in [1.54, 1.807) is 19.3 Å². The highest BCUT2D eigenvalue weighted by Gasteiger charge is 2.36. The molecule has 5 aromatic rings. The zero-order chi connectivity index (χ0) is 29.7. The number of aromatic amines is 1. The summed E-state index contributed by atoms with van der Waals surface area (Å²) in [5.74, 6) is -0.790. The van der Waals surface area contributed by atoms with Gasteiger partial charge in [-0.05, 0) is 80.0 Å². The lowest BCUT2D eigenvalue weighted by molar-refractivity contribution is -0.118. The van der Waals surface area contributed by atoms with Gasteiger partial charge in [0.1, 0.15) is 11.7 Å². The molecule has 0 aliphatic heterocycles. The zero-order valence-electron chi connectivity index (χ0n) is 24.5. The van der Waals surface area contributed by atoms with Gasteiger partial charge in [0, 0.05) is 47.9 Å². The van der Waals surface area contributed by atoms with Crippen LogP contribution >= 0.6 is 0 Å². The molecule has 3 N–H and O–H groups in total. The molecule has 2 amide bonds. The molecule has 0 unspecified atom stereocenters. The number of carbonyl (C=O) groups is 2. The highest BCUT2D eigenvalue weighted by atomic mass is 16.2. The van der Waals surface area contributed by atoms with Crippen molar-refractivity contribution in [2.24, 2.45) is 7.05 Å². The Balaban J connectivity index is 1.18. The van der Waals surface area contributed by atoms with Crippen molar-refractivity contribution < 1.29 is 9.59 Å². The van der Waals surface area contributed by atoms with Gasteiger partial charge < -0.3 is 10.6 Å². The average molecular weight is 575 g/mol. The minimum atomic E-state index is -0.786. The van der Waals surface area contributed by atoms with Crippen LogP contribution in [0.5, 0.6) is 0 Å². The molecule has 7 rings (SSSR count). The summed E-state index contributed by atoms with van der Waals surface area (Å²) in [6.07, 6.45) is 9.53. The molecule has 2 atom stereocenters. The lowest BCUT2D eigenvalue weighted by atomic mass is 9.90. The number of nitrogens with zero attached hydrogens (tertiary/aromatic N) is 5. The van der Waals surface area contributed by atoms with Gasteiger partial charge in [-0.3, -0.25) is 24.1 Å². The SMILES string of the molecule is Cc1n[nH]c(C)c1-c1ccc(NC(=O)[C@@H](NC(=O)c2ccnn2C)[C@@H]2CCc3ccc(-c4cnn(C5CC5)c4)cc32)cc1. The van der Waals surface area contributed by atoms with E-state index in [-0.39, 0.29) is 17.7 Å². The molecule has 1 fully saturated rings. The van der Waals surface area contributed by atoms with Crippen molar-refractivity contribution in [3.63, 3.8) is 0 Å². The Morgan fingerprint density at radius 1 is 0.977 bits per heavy atom. The molecule has 2 aliphatic carbocycles. The molecule has 2 aromatic carbocycles. The smallest absolute Gasteiger partial charge is 0.270 e. The molecule has 10 heteroatoms. The number of hydrogen-bond acceptors (Lipinski definition) is 5. The van der Waals surface area contributed by atoms with Crippen LogP contribution in [-0.4, -0.2) is 47.6 Å². The Bertz CT molecular complexity index is 1810. The summed E-state index contributed by atoms with van der Waals surface area (Å²) in [5, 5.41) is 22.2. The molecule has 43 heavy (non-hydrogen) atoms. The van der Waals surface area contributed by atoms with Crippen LogP contribution in [0.3, 0.4) is 0 Å². The maximum atomic E-state index is 14.0. The van der Waals surface area contributed by atoms with E-state index < -0.39 is 6.04 Å². The fraction of sp³-hybridized carbons (Fsp3) is 0.303. The number of aromatic nitrogens is 6. The molecular formula is C33H34N8O2. The van der Waals surface area contributed by atoms with Crippen molar-refractivity contribution >= 4 is 17.5 Å². The molecular weight excluding hydrogens is 540 g/mol. The first-order chi connectivity index (χ1) is 20.9. The Labute approximate surface area is 249 Å². The van der Waals surface area contributed by atoms with E-state index in [2.05, 4.69) is 55.4 Å². The minimum absolute atomic E-state index is 0.193. The fourth-order valence-electron chi connectivity index (χ4n) is 6.26. The predicted octanol–water partition coefficient (Wildman–Crippen LogP) is 5.09. The van der Waals surface area contributed by atoms with Gasteiger partial charge in [-0.2, -0.15) is 15.3 Å². The van der Waals surface area contributed by atoms with Gasteiger partial charge >= 0.3 is 0 Å². The van der Waals surface area contributed by atoms with Crippen LogP contribution in [0.25, 0.3) is 22.3 Å². The third-order valence-corrected chi connectivity index (χ3v) is 8.72.